The summed E-state index contributed by atoms with van der Waals surface area (Å²) in [6.07, 6.45) is 4.14. The van der Waals surface area contributed by atoms with Crippen molar-refractivity contribution in [2.45, 2.75) is 13.8 Å². The number of allylic oxidation sites excluding steroid dienone is 1. The van der Waals surface area contributed by atoms with Gasteiger partial charge in [-0.3, -0.25) is 0 Å². The molecule has 3 aromatic carbocycles. The molecule has 0 spiro atoms. The zero-order chi connectivity index (χ0) is 20.8. The summed E-state index contributed by atoms with van der Waals surface area (Å²) in [6, 6.07) is 21.9. The highest BCUT2D eigenvalue weighted by atomic mass is 16.5. The van der Waals surface area contributed by atoms with Crippen molar-refractivity contribution in [2.24, 2.45) is 0 Å². The summed E-state index contributed by atoms with van der Waals surface area (Å²) >= 11 is 0. The molecule has 29 heavy (non-hydrogen) atoms. The molecular formula is C26H24O3. The van der Waals surface area contributed by atoms with Crippen molar-refractivity contribution in [3.05, 3.63) is 90.5 Å². The van der Waals surface area contributed by atoms with Crippen molar-refractivity contribution in [1.29, 1.82) is 0 Å². The molecule has 0 unspecified atom stereocenters. The van der Waals surface area contributed by atoms with E-state index in [-0.39, 0.29) is 0 Å². The Morgan fingerprint density at radius 1 is 0.862 bits per heavy atom. The summed E-state index contributed by atoms with van der Waals surface area (Å²) in [5.41, 5.74) is 5.93. The van der Waals surface area contributed by atoms with Crippen molar-refractivity contribution in [3.8, 4) is 33.8 Å². The Bertz CT molecular complexity index is 1040. The van der Waals surface area contributed by atoms with Crippen molar-refractivity contribution >= 4 is 12.0 Å². The monoisotopic (exact) mass is 384 g/mol. The van der Waals surface area contributed by atoms with Gasteiger partial charge in [-0.1, -0.05) is 55.1 Å². The second kappa shape index (κ2) is 9.07. The Morgan fingerprint density at radius 3 is 2.03 bits per heavy atom. The van der Waals surface area contributed by atoms with Crippen LogP contribution in [0, 0.1) is 0 Å². The highest BCUT2D eigenvalue weighted by molar-refractivity contribution is 5.89. The molecule has 0 atom stereocenters. The number of hydrogen-bond donors (Lipinski definition) is 0. The second-order valence-corrected chi connectivity index (χ2v) is 6.72. The first kappa shape index (κ1) is 20.2. The molecular weight excluding hydrogens is 360 g/mol. The molecule has 0 saturated carbocycles. The molecule has 0 N–H and O–H groups in total. The van der Waals surface area contributed by atoms with E-state index in [1.807, 2.05) is 37.3 Å². The van der Waals surface area contributed by atoms with Crippen molar-refractivity contribution in [1.82, 2.24) is 0 Å². The molecule has 0 bridgehead atoms. The second-order valence-electron chi connectivity index (χ2n) is 6.72. The van der Waals surface area contributed by atoms with Crippen LogP contribution in [0.2, 0.25) is 0 Å². The van der Waals surface area contributed by atoms with Gasteiger partial charge >= 0.3 is 5.97 Å². The Hall–Kier alpha value is -3.59. The van der Waals surface area contributed by atoms with Gasteiger partial charge < -0.3 is 9.47 Å². The maximum absolute atomic E-state index is 11.7. The van der Waals surface area contributed by atoms with Crippen LogP contribution >= 0.6 is 0 Å². The topological polar surface area (TPSA) is 35.5 Å². The minimum atomic E-state index is -0.419. The summed E-state index contributed by atoms with van der Waals surface area (Å²) < 4.78 is 10.5. The van der Waals surface area contributed by atoms with E-state index < -0.39 is 5.97 Å². The van der Waals surface area contributed by atoms with Gasteiger partial charge in [-0.25, -0.2) is 4.79 Å². The number of methoxy groups -OCH3 is 1. The van der Waals surface area contributed by atoms with Crippen LogP contribution in [0.4, 0.5) is 0 Å². The first-order valence-corrected chi connectivity index (χ1v) is 9.41. The number of carbonyl (C=O) groups is 1. The van der Waals surface area contributed by atoms with Gasteiger partial charge in [-0.15, -0.1) is 0 Å². The molecule has 0 aliphatic rings. The molecule has 0 aliphatic heterocycles. The molecule has 3 aromatic rings. The van der Waals surface area contributed by atoms with Crippen LogP contribution in [0.15, 0.2) is 85.0 Å². The average molecular weight is 384 g/mol. The molecule has 146 valence electrons. The van der Waals surface area contributed by atoms with E-state index in [0.717, 1.165) is 33.6 Å². The first-order chi connectivity index (χ1) is 14.0. The molecule has 3 nitrogen and oxygen atoms in total. The van der Waals surface area contributed by atoms with Gasteiger partial charge in [0.25, 0.3) is 0 Å². The molecule has 3 rings (SSSR count). The van der Waals surface area contributed by atoms with Crippen molar-refractivity contribution in [3.63, 3.8) is 0 Å². The van der Waals surface area contributed by atoms with E-state index in [1.165, 1.54) is 0 Å². The summed E-state index contributed by atoms with van der Waals surface area (Å²) in [5.74, 6) is 0.924. The van der Waals surface area contributed by atoms with Crippen LogP contribution in [0.3, 0.4) is 0 Å². The predicted molar refractivity (Wildman–Crippen MR) is 119 cm³/mol. The van der Waals surface area contributed by atoms with Gasteiger partial charge in [0.1, 0.15) is 11.5 Å². The lowest BCUT2D eigenvalue weighted by molar-refractivity contribution is -0.130. The predicted octanol–water partition coefficient (Wildman–Crippen LogP) is 6.54. The quantitative estimate of drug-likeness (QED) is 0.275. The number of benzene rings is 3. The number of hydrogen-bond acceptors (Lipinski definition) is 3. The molecule has 0 fully saturated rings. The largest absolute Gasteiger partial charge is 0.497 e. The summed E-state index contributed by atoms with van der Waals surface area (Å²) in [7, 11) is 1.67. The van der Waals surface area contributed by atoms with Gasteiger partial charge in [-0.05, 0) is 72.0 Å². The van der Waals surface area contributed by atoms with Crippen LogP contribution < -0.4 is 9.47 Å². The highest BCUT2D eigenvalue weighted by Crippen LogP contribution is 2.31. The third-order valence-corrected chi connectivity index (χ3v) is 4.55. The molecule has 0 aromatic heterocycles. The van der Waals surface area contributed by atoms with E-state index in [1.54, 1.807) is 26.2 Å². The van der Waals surface area contributed by atoms with Crippen LogP contribution in [0.25, 0.3) is 28.3 Å². The maximum atomic E-state index is 11.7. The summed E-state index contributed by atoms with van der Waals surface area (Å²) in [5, 5.41) is 0. The Kier molecular flexibility index (Phi) is 6.30. The third kappa shape index (κ3) is 4.82. The number of carbonyl (C=O) groups excluding carboxylic acids is 1. The zero-order valence-corrected chi connectivity index (χ0v) is 16.9. The highest BCUT2D eigenvalue weighted by Gasteiger charge is 2.08. The zero-order valence-electron chi connectivity index (χ0n) is 16.9. The normalized spacial score (nSPS) is 10.7. The minimum Gasteiger partial charge on any atom is -0.497 e. The minimum absolute atomic E-state index is 0.374. The molecule has 0 radical (unpaired) electrons. The lowest BCUT2D eigenvalue weighted by Crippen LogP contribution is -2.07. The van der Waals surface area contributed by atoms with Gasteiger partial charge in [0.05, 0.1) is 7.11 Å². The van der Waals surface area contributed by atoms with Gasteiger partial charge in [0.2, 0.25) is 0 Å². The van der Waals surface area contributed by atoms with E-state index in [0.29, 0.717) is 11.3 Å². The fraction of sp³-hybridized carbons (Fsp3) is 0.115. The summed E-state index contributed by atoms with van der Waals surface area (Å²) in [4.78, 5) is 11.7. The smallest absolute Gasteiger partial charge is 0.338 e. The maximum Gasteiger partial charge on any atom is 0.338 e. The standard InChI is InChI=1S/C26H24O3/c1-5-6-22-17-21(11-16-25(22)20-9-12-23(28-4)13-10-20)19-7-14-24(15-8-19)29-26(27)18(2)3/h5-17H,2H2,1,3-4H3/b6-5+. The summed E-state index contributed by atoms with van der Waals surface area (Å²) in [6.45, 7) is 7.24. The molecule has 0 saturated heterocycles. The first-order valence-electron chi connectivity index (χ1n) is 9.41. The van der Waals surface area contributed by atoms with Gasteiger partial charge in [0.15, 0.2) is 0 Å². The Labute approximate surface area is 171 Å². The average Bonchev–Trinajstić information content (AvgIpc) is 2.74. The molecule has 0 heterocycles. The van der Waals surface area contributed by atoms with Crippen LogP contribution in [0.5, 0.6) is 11.5 Å². The van der Waals surface area contributed by atoms with Crippen LogP contribution in [0.1, 0.15) is 19.4 Å². The van der Waals surface area contributed by atoms with Crippen molar-refractivity contribution in [2.75, 3.05) is 7.11 Å². The third-order valence-electron chi connectivity index (χ3n) is 4.55. The van der Waals surface area contributed by atoms with E-state index in [2.05, 4.69) is 43.0 Å². The van der Waals surface area contributed by atoms with E-state index >= 15 is 0 Å². The lowest BCUT2D eigenvalue weighted by atomic mass is 9.94. The van der Waals surface area contributed by atoms with Crippen molar-refractivity contribution < 1.29 is 14.3 Å². The lowest BCUT2D eigenvalue weighted by Gasteiger charge is -2.11. The molecule has 0 amide bonds. The van der Waals surface area contributed by atoms with Crippen LogP contribution in [-0.4, -0.2) is 13.1 Å². The fourth-order valence-electron chi connectivity index (χ4n) is 3.00. The number of ether oxygens (including phenoxy) is 2. The van der Waals surface area contributed by atoms with Crippen LogP contribution in [-0.2, 0) is 4.79 Å². The number of rotatable bonds is 6. The van der Waals surface area contributed by atoms with Gasteiger partial charge in [-0.2, -0.15) is 0 Å². The fourth-order valence-corrected chi connectivity index (χ4v) is 3.00. The SMILES string of the molecule is C=C(C)C(=O)Oc1ccc(-c2ccc(-c3ccc(OC)cc3)c(/C=C/C)c2)cc1. The molecule has 3 heteroatoms. The van der Waals surface area contributed by atoms with E-state index in [9.17, 15) is 4.79 Å². The molecule has 0 aliphatic carbocycles. The number of esters is 1. The van der Waals surface area contributed by atoms with E-state index in [4.69, 9.17) is 9.47 Å². The Balaban J connectivity index is 1.91. The Morgan fingerprint density at radius 2 is 1.45 bits per heavy atom. The van der Waals surface area contributed by atoms with Gasteiger partial charge in [0, 0.05) is 5.57 Å².